The van der Waals surface area contributed by atoms with Crippen LogP contribution in [-0.4, -0.2) is 42.9 Å². The van der Waals surface area contributed by atoms with Gasteiger partial charge >= 0.3 is 6.03 Å². The van der Waals surface area contributed by atoms with E-state index in [1.165, 1.54) is 14.0 Å². The number of ether oxygens (including phenoxy) is 3. The molecule has 0 aromatic heterocycles. The molecule has 8 heteroatoms. The summed E-state index contributed by atoms with van der Waals surface area (Å²) in [6.45, 7) is 4.19. The van der Waals surface area contributed by atoms with Gasteiger partial charge in [0.05, 0.1) is 26.9 Å². The van der Waals surface area contributed by atoms with Crippen LogP contribution in [0.5, 0.6) is 17.2 Å². The second-order valence-electron chi connectivity index (χ2n) is 7.74. The predicted octanol–water partition coefficient (Wildman–Crippen LogP) is 3.03. The van der Waals surface area contributed by atoms with Crippen LogP contribution in [0.1, 0.15) is 41.8 Å². The van der Waals surface area contributed by atoms with E-state index in [-0.39, 0.29) is 12.3 Å². The summed E-state index contributed by atoms with van der Waals surface area (Å²) < 4.78 is 16.7. The van der Waals surface area contributed by atoms with Crippen molar-refractivity contribution in [3.8, 4) is 17.2 Å². The van der Waals surface area contributed by atoms with Crippen molar-refractivity contribution in [2.24, 2.45) is 0 Å². The second-order valence-corrected chi connectivity index (χ2v) is 7.74. The van der Waals surface area contributed by atoms with Gasteiger partial charge in [0.15, 0.2) is 17.3 Å². The zero-order valence-electron chi connectivity index (χ0n) is 17.7. The summed E-state index contributed by atoms with van der Waals surface area (Å²) in [5.74, 6) is 1.15. The number of nitrogens with one attached hydrogen (secondary N) is 1. The maximum atomic E-state index is 13.4. The minimum absolute atomic E-state index is 0.0187. The first-order valence-corrected chi connectivity index (χ1v) is 10.1. The van der Waals surface area contributed by atoms with E-state index in [0.717, 1.165) is 11.3 Å². The van der Waals surface area contributed by atoms with Gasteiger partial charge in [0.25, 0.3) is 5.91 Å². The number of fused-ring (bicyclic) bond motifs is 1. The fourth-order valence-corrected chi connectivity index (χ4v) is 3.80. The molecule has 1 fully saturated rings. The highest BCUT2D eigenvalue weighted by Gasteiger charge is 2.49. The second kappa shape index (κ2) is 7.94. The quantitative estimate of drug-likeness (QED) is 0.586. The van der Waals surface area contributed by atoms with E-state index in [4.69, 9.17) is 14.2 Å². The Bertz CT molecular complexity index is 1070. The zero-order valence-corrected chi connectivity index (χ0v) is 17.7. The Morgan fingerprint density at radius 2 is 1.87 bits per heavy atom. The molecule has 4 rings (SSSR count). The molecule has 162 valence electrons. The third-order valence-corrected chi connectivity index (χ3v) is 5.62. The van der Waals surface area contributed by atoms with Crippen LogP contribution in [-0.2, 0) is 16.9 Å². The van der Waals surface area contributed by atoms with Gasteiger partial charge in [0.2, 0.25) is 0 Å². The molecule has 31 heavy (non-hydrogen) atoms. The Morgan fingerprint density at radius 1 is 1.13 bits per heavy atom. The lowest BCUT2D eigenvalue weighted by atomic mass is 9.91. The first kappa shape index (κ1) is 20.7. The monoisotopic (exact) mass is 424 g/mol. The maximum Gasteiger partial charge on any atom is 0.325 e. The average molecular weight is 424 g/mol. The predicted molar refractivity (Wildman–Crippen MR) is 111 cm³/mol. The van der Waals surface area contributed by atoms with E-state index in [0.29, 0.717) is 47.2 Å². The topological polar surface area (TPSA) is 94.2 Å². The molecule has 2 aromatic carbocycles. The van der Waals surface area contributed by atoms with E-state index in [9.17, 15) is 14.4 Å². The van der Waals surface area contributed by atoms with Crippen molar-refractivity contribution in [2.45, 2.75) is 32.4 Å². The molecule has 2 aromatic rings. The van der Waals surface area contributed by atoms with Crippen molar-refractivity contribution in [1.29, 1.82) is 0 Å². The summed E-state index contributed by atoms with van der Waals surface area (Å²) in [6, 6.07) is 9.68. The molecule has 2 aliphatic rings. The molecular weight excluding hydrogens is 400 g/mol. The SMILES string of the molecule is COc1ccc(C(C)=O)cc1CN1C(=O)N[C@](C)(c2ccc3c(c2)OCCCO3)C1=O. The van der Waals surface area contributed by atoms with E-state index in [2.05, 4.69) is 5.32 Å². The summed E-state index contributed by atoms with van der Waals surface area (Å²) in [5.41, 5.74) is 0.393. The number of imide groups is 1. The van der Waals surface area contributed by atoms with Gasteiger partial charge in [-0.05, 0) is 49.7 Å². The number of Topliss-reactive ketones (excluding diaryl/α,β-unsaturated/α-hetero) is 1. The standard InChI is InChI=1S/C23H24N2O6/c1-14(26)15-5-7-18(29-3)16(11-15)13-25-21(27)23(2,24-22(25)28)17-6-8-19-20(12-17)31-10-4-9-30-19/h5-8,11-12H,4,9-10,13H2,1-3H3,(H,24,28)/t23-/m1/s1. The van der Waals surface area contributed by atoms with Crippen molar-refractivity contribution in [2.75, 3.05) is 20.3 Å². The number of urea groups is 1. The Kier molecular flexibility index (Phi) is 5.31. The van der Waals surface area contributed by atoms with Crippen LogP contribution in [0, 0.1) is 0 Å². The third-order valence-electron chi connectivity index (χ3n) is 5.62. The van der Waals surface area contributed by atoms with E-state index in [1.54, 1.807) is 43.3 Å². The van der Waals surface area contributed by atoms with Gasteiger partial charge < -0.3 is 19.5 Å². The Balaban J connectivity index is 1.64. The number of methoxy groups -OCH3 is 1. The molecule has 8 nitrogen and oxygen atoms in total. The van der Waals surface area contributed by atoms with Gasteiger partial charge in [-0.1, -0.05) is 6.07 Å². The normalized spacial score (nSPS) is 20.3. The largest absolute Gasteiger partial charge is 0.496 e. The highest BCUT2D eigenvalue weighted by atomic mass is 16.5. The van der Waals surface area contributed by atoms with Crippen molar-refractivity contribution in [3.05, 3.63) is 53.1 Å². The van der Waals surface area contributed by atoms with Crippen LogP contribution < -0.4 is 19.5 Å². The molecule has 0 bridgehead atoms. The minimum atomic E-state index is -1.26. The van der Waals surface area contributed by atoms with Crippen molar-refractivity contribution < 1.29 is 28.6 Å². The number of amides is 3. The smallest absolute Gasteiger partial charge is 0.325 e. The highest BCUT2D eigenvalue weighted by Crippen LogP contribution is 2.37. The fourth-order valence-electron chi connectivity index (χ4n) is 3.80. The Hall–Kier alpha value is -3.55. The summed E-state index contributed by atoms with van der Waals surface area (Å²) >= 11 is 0. The number of carbonyl (C=O) groups excluding carboxylic acids is 3. The first-order valence-electron chi connectivity index (χ1n) is 10.1. The molecule has 3 amide bonds. The van der Waals surface area contributed by atoms with Crippen LogP contribution >= 0.6 is 0 Å². The van der Waals surface area contributed by atoms with Gasteiger partial charge in [-0.25, -0.2) is 4.79 Å². The zero-order chi connectivity index (χ0) is 22.2. The molecule has 0 saturated carbocycles. The number of hydrogen-bond donors (Lipinski definition) is 1. The van der Waals surface area contributed by atoms with Gasteiger partial charge in [-0.15, -0.1) is 0 Å². The molecule has 1 N–H and O–H groups in total. The molecule has 2 heterocycles. The minimum Gasteiger partial charge on any atom is -0.496 e. The van der Waals surface area contributed by atoms with E-state index < -0.39 is 17.5 Å². The Labute approximate surface area is 180 Å². The summed E-state index contributed by atoms with van der Waals surface area (Å²) in [4.78, 5) is 39.0. The summed E-state index contributed by atoms with van der Waals surface area (Å²) in [5, 5.41) is 2.80. The fraction of sp³-hybridized carbons (Fsp3) is 0.348. The van der Waals surface area contributed by atoms with E-state index in [1.807, 2.05) is 0 Å². The molecule has 0 radical (unpaired) electrons. The highest BCUT2D eigenvalue weighted by molar-refractivity contribution is 6.07. The number of nitrogens with zero attached hydrogens (tertiary/aromatic N) is 1. The molecule has 0 unspecified atom stereocenters. The molecule has 0 spiro atoms. The first-order chi connectivity index (χ1) is 14.8. The summed E-state index contributed by atoms with van der Waals surface area (Å²) in [6.07, 6.45) is 0.770. The molecule has 2 aliphatic heterocycles. The van der Waals surface area contributed by atoms with E-state index >= 15 is 0 Å². The van der Waals surface area contributed by atoms with Gasteiger partial charge in [0.1, 0.15) is 11.3 Å². The van der Waals surface area contributed by atoms with Crippen LogP contribution in [0.4, 0.5) is 4.79 Å². The molecule has 0 aliphatic carbocycles. The van der Waals surface area contributed by atoms with Gasteiger partial charge in [-0.2, -0.15) is 0 Å². The van der Waals surface area contributed by atoms with Gasteiger partial charge in [-0.3, -0.25) is 14.5 Å². The lowest BCUT2D eigenvalue weighted by Gasteiger charge is -2.23. The lowest BCUT2D eigenvalue weighted by molar-refractivity contribution is -0.131. The Morgan fingerprint density at radius 3 is 2.58 bits per heavy atom. The van der Waals surface area contributed by atoms with Crippen LogP contribution in [0.25, 0.3) is 0 Å². The number of ketones is 1. The third kappa shape index (κ3) is 3.69. The number of carbonyl (C=O) groups is 3. The van der Waals surface area contributed by atoms with Crippen LogP contribution in [0.2, 0.25) is 0 Å². The van der Waals surface area contributed by atoms with Gasteiger partial charge in [0, 0.05) is 17.5 Å². The summed E-state index contributed by atoms with van der Waals surface area (Å²) in [7, 11) is 1.50. The van der Waals surface area contributed by atoms with Crippen molar-refractivity contribution in [1.82, 2.24) is 10.2 Å². The molecule has 1 saturated heterocycles. The van der Waals surface area contributed by atoms with Crippen LogP contribution in [0.15, 0.2) is 36.4 Å². The van der Waals surface area contributed by atoms with Crippen molar-refractivity contribution >= 4 is 17.7 Å². The maximum absolute atomic E-state index is 13.4. The molecular formula is C23H24N2O6. The molecule has 1 atom stereocenters. The number of hydrogen-bond acceptors (Lipinski definition) is 6. The van der Waals surface area contributed by atoms with Crippen molar-refractivity contribution in [3.63, 3.8) is 0 Å². The average Bonchev–Trinajstić information content (AvgIpc) is 2.92. The number of benzene rings is 2. The van der Waals surface area contributed by atoms with Crippen LogP contribution in [0.3, 0.4) is 0 Å². The number of rotatable bonds is 5. The lowest BCUT2D eigenvalue weighted by Crippen LogP contribution is -2.40.